The summed E-state index contributed by atoms with van der Waals surface area (Å²) < 4.78 is 0. The standard InChI is InChI=1S/C7H15N5O/c1-5(8)11-3-7(4-13)12(10-11)6(2)9/h3-6,10H,8-9H2,1-2H3. The molecule has 2 atom stereocenters. The predicted molar refractivity (Wildman–Crippen MR) is 48.3 cm³/mol. The summed E-state index contributed by atoms with van der Waals surface area (Å²) in [6.07, 6.45) is 1.87. The molecule has 0 amide bonds. The zero-order valence-electron chi connectivity index (χ0n) is 7.77. The highest BCUT2D eigenvalue weighted by molar-refractivity contribution is 5.72. The third-order valence-electron chi connectivity index (χ3n) is 1.74. The molecule has 0 aromatic rings. The Balaban J connectivity index is 2.74. The van der Waals surface area contributed by atoms with Crippen LogP contribution in [-0.2, 0) is 4.79 Å². The summed E-state index contributed by atoms with van der Waals surface area (Å²) in [4.78, 5) is 10.6. The van der Waals surface area contributed by atoms with Gasteiger partial charge in [-0.1, -0.05) is 0 Å². The fourth-order valence-corrected chi connectivity index (χ4v) is 1.04. The Kier molecular flexibility index (Phi) is 2.86. The minimum absolute atomic E-state index is 0.210. The molecule has 1 heterocycles. The number of rotatable bonds is 3. The smallest absolute Gasteiger partial charge is 0.169 e. The SMILES string of the molecule is CC(N)N1C=C(C=O)N(C(C)N)N1. The van der Waals surface area contributed by atoms with Crippen LogP contribution in [0.2, 0.25) is 0 Å². The minimum Gasteiger partial charge on any atom is -0.310 e. The van der Waals surface area contributed by atoms with Crippen LogP contribution in [0.5, 0.6) is 0 Å². The second-order valence-electron chi connectivity index (χ2n) is 3.03. The van der Waals surface area contributed by atoms with Crippen LogP contribution in [0, 0.1) is 0 Å². The van der Waals surface area contributed by atoms with Gasteiger partial charge in [0.2, 0.25) is 0 Å². The van der Waals surface area contributed by atoms with Gasteiger partial charge in [-0.25, -0.2) is 0 Å². The van der Waals surface area contributed by atoms with Gasteiger partial charge in [-0.05, 0) is 13.8 Å². The molecule has 13 heavy (non-hydrogen) atoms. The van der Waals surface area contributed by atoms with E-state index in [2.05, 4.69) is 5.53 Å². The van der Waals surface area contributed by atoms with Gasteiger partial charge in [-0.15, -0.1) is 5.53 Å². The number of hydrazine groups is 2. The van der Waals surface area contributed by atoms with E-state index >= 15 is 0 Å². The normalized spacial score (nSPS) is 21.4. The van der Waals surface area contributed by atoms with Crippen molar-refractivity contribution in [3.05, 3.63) is 11.9 Å². The Labute approximate surface area is 77.1 Å². The van der Waals surface area contributed by atoms with Crippen LogP contribution in [0.25, 0.3) is 0 Å². The van der Waals surface area contributed by atoms with Crippen molar-refractivity contribution in [1.82, 2.24) is 15.6 Å². The zero-order chi connectivity index (χ0) is 10.0. The average molecular weight is 185 g/mol. The number of carbonyl (C=O) groups is 1. The molecule has 0 saturated heterocycles. The zero-order valence-corrected chi connectivity index (χ0v) is 7.77. The number of carbonyl (C=O) groups excluding carboxylic acids is 1. The van der Waals surface area contributed by atoms with Crippen LogP contribution in [0.4, 0.5) is 0 Å². The van der Waals surface area contributed by atoms with Crippen LogP contribution in [0.1, 0.15) is 13.8 Å². The molecule has 1 rings (SSSR count). The molecule has 5 N–H and O–H groups in total. The van der Waals surface area contributed by atoms with Crippen molar-refractivity contribution in [3.63, 3.8) is 0 Å². The first-order valence-electron chi connectivity index (χ1n) is 4.08. The van der Waals surface area contributed by atoms with Crippen molar-refractivity contribution < 1.29 is 4.79 Å². The summed E-state index contributed by atoms with van der Waals surface area (Å²) in [5.41, 5.74) is 14.6. The number of nitrogens with two attached hydrogens (primary N) is 2. The molecule has 0 aromatic heterocycles. The third-order valence-corrected chi connectivity index (χ3v) is 1.74. The van der Waals surface area contributed by atoms with E-state index in [0.717, 1.165) is 6.29 Å². The summed E-state index contributed by atoms with van der Waals surface area (Å²) in [6, 6.07) is 0. The van der Waals surface area contributed by atoms with Crippen LogP contribution < -0.4 is 17.0 Å². The molecule has 0 radical (unpaired) electrons. The molecule has 6 nitrogen and oxygen atoms in total. The molecule has 2 unspecified atom stereocenters. The van der Waals surface area contributed by atoms with Crippen LogP contribution in [-0.4, -0.2) is 28.6 Å². The molecule has 0 bridgehead atoms. The minimum atomic E-state index is -0.278. The maximum absolute atomic E-state index is 10.6. The van der Waals surface area contributed by atoms with E-state index in [4.69, 9.17) is 11.5 Å². The topological polar surface area (TPSA) is 87.6 Å². The molecule has 0 aliphatic carbocycles. The Morgan fingerprint density at radius 2 is 2.08 bits per heavy atom. The van der Waals surface area contributed by atoms with Crippen molar-refractivity contribution in [2.75, 3.05) is 0 Å². The highest BCUT2D eigenvalue weighted by Gasteiger charge is 2.23. The molecule has 74 valence electrons. The fraction of sp³-hybridized carbons (Fsp3) is 0.571. The number of aldehydes is 1. The van der Waals surface area contributed by atoms with E-state index in [1.54, 1.807) is 30.1 Å². The largest absolute Gasteiger partial charge is 0.310 e. The van der Waals surface area contributed by atoms with Crippen molar-refractivity contribution >= 4 is 6.29 Å². The quantitative estimate of drug-likeness (QED) is 0.472. The lowest BCUT2D eigenvalue weighted by atomic mass is 10.4. The predicted octanol–water partition coefficient (Wildman–Crippen LogP) is -1.33. The Bertz CT molecular complexity index is 225. The monoisotopic (exact) mass is 185 g/mol. The molecule has 1 aliphatic heterocycles. The first kappa shape index (κ1) is 9.97. The average Bonchev–Trinajstić information content (AvgIpc) is 2.47. The molecule has 0 aromatic carbocycles. The van der Waals surface area contributed by atoms with Gasteiger partial charge in [-0.2, -0.15) is 0 Å². The second-order valence-corrected chi connectivity index (χ2v) is 3.03. The van der Waals surface area contributed by atoms with E-state index in [-0.39, 0.29) is 12.3 Å². The third kappa shape index (κ3) is 1.97. The fourth-order valence-electron chi connectivity index (χ4n) is 1.04. The lowest BCUT2D eigenvalue weighted by Crippen LogP contribution is -2.52. The number of hydrogen-bond donors (Lipinski definition) is 3. The lowest BCUT2D eigenvalue weighted by Gasteiger charge is -2.28. The van der Waals surface area contributed by atoms with Gasteiger partial charge in [0.05, 0.1) is 12.3 Å². The molecule has 0 fully saturated rings. The maximum Gasteiger partial charge on any atom is 0.169 e. The summed E-state index contributed by atoms with van der Waals surface area (Å²) >= 11 is 0. The number of nitrogens with zero attached hydrogens (tertiary/aromatic N) is 2. The van der Waals surface area contributed by atoms with Crippen molar-refractivity contribution in [1.29, 1.82) is 0 Å². The van der Waals surface area contributed by atoms with Crippen LogP contribution >= 0.6 is 0 Å². The molecule has 0 saturated carbocycles. The van der Waals surface area contributed by atoms with Gasteiger partial charge in [0, 0.05) is 6.20 Å². The van der Waals surface area contributed by atoms with Crippen molar-refractivity contribution in [2.45, 2.75) is 26.2 Å². The van der Waals surface area contributed by atoms with Gasteiger partial charge >= 0.3 is 0 Å². The number of allylic oxidation sites excluding steroid dienone is 1. The summed E-state index contributed by atoms with van der Waals surface area (Å²) in [6.45, 7) is 3.58. The highest BCUT2D eigenvalue weighted by Crippen LogP contribution is 2.11. The number of hydrogen-bond acceptors (Lipinski definition) is 6. The lowest BCUT2D eigenvalue weighted by molar-refractivity contribution is -0.106. The summed E-state index contributed by atoms with van der Waals surface area (Å²) in [5.74, 6) is 0. The van der Waals surface area contributed by atoms with Gasteiger partial charge < -0.3 is 11.5 Å². The van der Waals surface area contributed by atoms with Gasteiger partial charge in [0.1, 0.15) is 5.70 Å². The van der Waals surface area contributed by atoms with E-state index in [1.165, 1.54) is 0 Å². The van der Waals surface area contributed by atoms with Crippen molar-refractivity contribution in [2.24, 2.45) is 11.5 Å². The molecular formula is C7H15N5O. The molecular weight excluding hydrogens is 170 g/mol. The van der Waals surface area contributed by atoms with E-state index < -0.39 is 0 Å². The van der Waals surface area contributed by atoms with Crippen LogP contribution in [0.3, 0.4) is 0 Å². The van der Waals surface area contributed by atoms with Gasteiger partial charge in [-0.3, -0.25) is 14.8 Å². The summed E-state index contributed by atoms with van der Waals surface area (Å²) in [7, 11) is 0. The number of nitrogens with one attached hydrogen (secondary N) is 1. The van der Waals surface area contributed by atoms with Gasteiger partial charge in [0.25, 0.3) is 0 Å². The molecule has 6 heteroatoms. The van der Waals surface area contributed by atoms with E-state index in [1.807, 2.05) is 0 Å². The van der Waals surface area contributed by atoms with Crippen molar-refractivity contribution in [3.8, 4) is 0 Å². The first-order valence-corrected chi connectivity index (χ1v) is 4.08. The van der Waals surface area contributed by atoms with Gasteiger partial charge in [0.15, 0.2) is 6.29 Å². The highest BCUT2D eigenvalue weighted by atomic mass is 16.1. The van der Waals surface area contributed by atoms with E-state index in [0.29, 0.717) is 5.70 Å². The van der Waals surface area contributed by atoms with E-state index in [9.17, 15) is 4.79 Å². The Morgan fingerprint density at radius 3 is 2.38 bits per heavy atom. The Hall–Kier alpha value is -1.11. The maximum atomic E-state index is 10.6. The molecule has 0 spiro atoms. The second kappa shape index (κ2) is 3.73. The summed E-state index contributed by atoms with van der Waals surface area (Å²) in [5, 5.41) is 3.17. The van der Waals surface area contributed by atoms with Crippen LogP contribution in [0.15, 0.2) is 11.9 Å². The Morgan fingerprint density at radius 1 is 1.46 bits per heavy atom. The molecule has 1 aliphatic rings. The first-order chi connectivity index (χ1) is 6.06.